The zero-order chi connectivity index (χ0) is 16.7. The van der Waals surface area contributed by atoms with Crippen molar-refractivity contribution in [1.29, 1.82) is 0 Å². The zero-order valence-corrected chi connectivity index (χ0v) is 13.2. The summed E-state index contributed by atoms with van der Waals surface area (Å²) in [7, 11) is 1.32. The summed E-state index contributed by atoms with van der Waals surface area (Å²) in [6.07, 6.45) is 2.16. The van der Waals surface area contributed by atoms with E-state index in [9.17, 15) is 13.6 Å². The molecule has 0 amide bonds. The molecule has 0 radical (unpaired) electrons. The second-order valence-electron chi connectivity index (χ2n) is 4.73. The predicted octanol–water partition coefficient (Wildman–Crippen LogP) is 3.81. The molecule has 3 nitrogen and oxygen atoms in total. The number of ether oxygens (including phenoxy) is 1. The predicted molar refractivity (Wildman–Crippen MR) is 82.0 cm³/mol. The van der Waals surface area contributed by atoms with Gasteiger partial charge in [0.15, 0.2) is 11.6 Å². The Morgan fingerprint density at radius 1 is 1.32 bits per heavy atom. The summed E-state index contributed by atoms with van der Waals surface area (Å²) in [5, 5.41) is 0. The van der Waals surface area contributed by atoms with Crippen LogP contribution in [0.2, 0.25) is 0 Å². The van der Waals surface area contributed by atoms with Gasteiger partial charge in [-0.15, -0.1) is 0 Å². The van der Waals surface area contributed by atoms with Gasteiger partial charge >= 0.3 is 5.97 Å². The van der Waals surface area contributed by atoms with Gasteiger partial charge < -0.3 is 9.64 Å². The second kappa shape index (κ2) is 8.32. The van der Waals surface area contributed by atoms with Crippen molar-refractivity contribution in [2.45, 2.75) is 26.8 Å². The lowest BCUT2D eigenvalue weighted by Gasteiger charge is -2.27. The molecule has 0 saturated carbocycles. The standard InChI is InChI=1S/C15H15F2NO2.C2H6/c1-10-5-12(15(19)20-2)9-18(7-10)8-11-3-4-13(16)14(17)6-11;1-2/h3-4,6,9H,1,5,7-8H2,2H3;1-2H3. The highest BCUT2D eigenvalue weighted by atomic mass is 19.2. The molecule has 120 valence electrons. The number of nitrogens with zero attached hydrogens (tertiary/aromatic N) is 1. The lowest BCUT2D eigenvalue weighted by molar-refractivity contribution is -0.136. The first-order chi connectivity index (χ1) is 10.5. The van der Waals surface area contributed by atoms with Crippen LogP contribution in [0.25, 0.3) is 0 Å². The molecule has 2 rings (SSSR count). The molecule has 1 aromatic rings. The Balaban J connectivity index is 0.00000116. The number of halogens is 2. The van der Waals surface area contributed by atoms with Crippen LogP contribution in [0.15, 0.2) is 42.1 Å². The highest BCUT2D eigenvalue weighted by Gasteiger charge is 2.19. The third-order valence-corrected chi connectivity index (χ3v) is 3.02. The Bertz CT molecular complexity index is 582. The van der Waals surface area contributed by atoms with Crippen molar-refractivity contribution in [3.63, 3.8) is 0 Å². The number of carbonyl (C=O) groups excluding carboxylic acids is 1. The molecule has 1 aromatic carbocycles. The van der Waals surface area contributed by atoms with Gasteiger partial charge in [-0.3, -0.25) is 0 Å². The first-order valence-electron chi connectivity index (χ1n) is 7.13. The zero-order valence-electron chi connectivity index (χ0n) is 13.2. The Hall–Kier alpha value is -2.17. The SMILES string of the molecule is C=C1CC(C(=O)OC)=CN(Cc2ccc(F)c(F)c2)C1.CC. The molecule has 1 aliphatic heterocycles. The lowest BCUT2D eigenvalue weighted by Crippen LogP contribution is -2.26. The van der Waals surface area contributed by atoms with Crippen LogP contribution in [0.5, 0.6) is 0 Å². The molecule has 0 aromatic heterocycles. The van der Waals surface area contributed by atoms with Crippen molar-refractivity contribution in [3.8, 4) is 0 Å². The van der Waals surface area contributed by atoms with E-state index in [1.54, 1.807) is 6.20 Å². The van der Waals surface area contributed by atoms with Crippen LogP contribution in [-0.4, -0.2) is 24.5 Å². The molecule has 5 heteroatoms. The lowest BCUT2D eigenvalue weighted by atomic mass is 10.0. The van der Waals surface area contributed by atoms with Gasteiger partial charge in [-0.1, -0.05) is 32.1 Å². The Morgan fingerprint density at radius 2 is 2.00 bits per heavy atom. The average molecular weight is 309 g/mol. The summed E-state index contributed by atoms with van der Waals surface area (Å²) in [5.41, 5.74) is 2.00. The fourth-order valence-corrected chi connectivity index (χ4v) is 2.15. The highest BCUT2D eigenvalue weighted by Crippen LogP contribution is 2.21. The van der Waals surface area contributed by atoms with Gasteiger partial charge in [0.2, 0.25) is 0 Å². The molecular formula is C17H21F2NO2. The monoisotopic (exact) mass is 309 g/mol. The third kappa shape index (κ3) is 4.69. The van der Waals surface area contributed by atoms with Crippen molar-refractivity contribution in [1.82, 2.24) is 4.90 Å². The Labute approximate surface area is 129 Å². The normalized spacial score (nSPS) is 14.0. The minimum absolute atomic E-state index is 0.372. The molecule has 0 saturated heterocycles. The maximum atomic E-state index is 13.2. The van der Waals surface area contributed by atoms with Gasteiger partial charge in [-0.25, -0.2) is 13.6 Å². The molecule has 0 atom stereocenters. The van der Waals surface area contributed by atoms with Crippen molar-refractivity contribution >= 4 is 5.97 Å². The summed E-state index contributed by atoms with van der Waals surface area (Å²) in [5.74, 6) is -2.15. The summed E-state index contributed by atoms with van der Waals surface area (Å²) in [6, 6.07) is 3.76. The number of methoxy groups -OCH3 is 1. The van der Waals surface area contributed by atoms with Crippen LogP contribution in [0.3, 0.4) is 0 Å². The first kappa shape index (κ1) is 17.9. The van der Waals surface area contributed by atoms with Crippen LogP contribution in [0.1, 0.15) is 25.8 Å². The van der Waals surface area contributed by atoms with Gasteiger partial charge in [0, 0.05) is 25.7 Å². The van der Waals surface area contributed by atoms with E-state index in [1.165, 1.54) is 13.2 Å². The molecule has 0 bridgehead atoms. The fourth-order valence-electron chi connectivity index (χ4n) is 2.15. The van der Waals surface area contributed by atoms with Gasteiger partial charge in [0.05, 0.1) is 12.7 Å². The number of hydrogen-bond acceptors (Lipinski definition) is 3. The number of carbonyl (C=O) groups is 1. The van der Waals surface area contributed by atoms with E-state index in [-0.39, 0.29) is 0 Å². The topological polar surface area (TPSA) is 29.5 Å². The van der Waals surface area contributed by atoms with Crippen molar-refractivity contribution in [2.24, 2.45) is 0 Å². The van der Waals surface area contributed by atoms with Crippen molar-refractivity contribution < 1.29 is 18.3 Å². The van der Waals surface area contributed by atoms with E-state index in [2.05, 4.69) is 11.3 Å². The molecular weight excluding hydrogens is 288 g/mol. The molecule has 0 spiro atoms. The summed E-state index contributed by atoms with van der Waals surface area (Å²) >= 11 is 0. The molecule has 1 aliphatic rings. The van der Waals surface area contributed by atoms with Crippen molar-refractivity contribution in [2.75, 3.05) is 13.7 Å². The van der Waals surface area contributed by atoms with Crippen LogP contribution in [-0.2, 0) is 16.1 Å². The van der Waals surface area contributed by atoms with E-state index in [1.807, 2.05) is 18.7 Å². The third-order valence-electron chi connectivity index (χ3n) is 3.02. The summed E-state index contributed by atoms with van der Waals surface area (Å²) in [4.78, 5) is 13.4. The van der Waals surface area contributed by atoms with Crippen LogP contribution < -0.4 is 0 Å². The van der Waals surface area contributed by atoms with Gasteiger partial charge in [0.1, 0.15) is 0 Å². The van der Waals surface area contributed by atoms with E-state index in [4.69, 9.17) is 0 Å². The molecule has 0 N–H and O–H groups in total. The largest absolute Gasteiger partial charge is 0.466 e. The van der Waals surface area contributed by atoms with E-state index < -0.39 is 17.6 Å². The average Bonchev–Trinajstić information content (AvgIpc) is 2.51. The van der Waals surface area contributed by atoms with Gasteiger partial charge in [-0.05, 0) is 17.7 Å². The number of benzene rings is 1. The molecule has 1 heterocycles. The second-order valence-corrected chi connectivity index (χ2v) is 4.73. The fraction of sp³-hybridized carbons (Fsp3) is 0.353. The van der Waals surface area contributed by atoms with E-state index in [0.717, 1.165) is 17.7 Å². The maximum absolute atomic E-state index is 13.2. The van der Waals surface area contributed by atoms with Crippen LogP contribution in [0.4, 0.5) is 8.78 Å². The highest BCUT2D eigenvalue weighted by molar-refractivity contribution is 5.89. The molecule has 0 aliphatic carbocycles. The quantitative estimate of drug-likeness (QED) is 0.628. The molecule has 0 unspecified atom stereocenters. The summed E-state index contributed by atoms with van der Waals surface area (Å²) in [6.45, 7) is 8.82. The molecule has 22 heavy (non-hydrogen) atoms. The molecule has 0 fully saturated rings. The Kier molecular flexibility index (Phi) is 6.76. The van der Waals surface area contributed by atoms with Gasteiger partial charge in [-0.2, -0.15) is 0 Å². The van der Waals surface area contributed by atoms with Crippen LogP contribution >= 0.6 is 0 Å². The minimum atomic E-state index is -0.879. The minimum Gasteiger partial charge on any atom is -0.466 e. The Morgan fingerprint density at radius 3 is 2.59 bits per heavy atom. The first-order valence-corrected chi connectivity index (χ1v) is 7.13. The summed E-state index contributed by atoms with van der Waals surface area (Å²) < 4.78 is 30.7. The number of hydrogen-bond donors (Lipinski definition) is 0. The van der Waals surface area contributed by atoms with E-state index in [0.29, 0.717) is 30.6 Å². The van der Waals surface area contributed by atoms with Crippen molar-refractivity contribution in [3.05, 3.63) is 59.3 Å². The van der Waals surface area contributed by atoms with E-state index >= 15 is 0 Å². The number of rotatable bonds is 3. The van der Waals surface area contributed by atoms with Gasteiger partial charge in [0.25, 0.3) is 0 Å². The number of esters is 1. The maximum Gasteiger partial charge on any atom is 0.335 e. The smallest absolute Gasteiger partial charge is 0.335 e. The van der Waals surface area contributed by atoms with Crippen LogP contribution in [0, 0.1) is 11.6 Å².